The van der Waals surface area contributed by atoms with Gasteiger partial charge < -0.3 is 9.30 Å². The molecule has 1 unspecified atom stereocenters. The van der Waals surface area contributed by atoms with Gasteiger partial charge in [0.15, 0.2) is 0 Å². The van der Waals surface area contributed by atoms with Crippen molar-refractivity contribution in [2.45, 2.75) is 19.9 Å². The van der Waals surface area contributed by atoms with Gasteiger partial charge in [-0.1, -0.05) is 12.1 Å². The minimum absolute atomic E-state index is 0.203. The number of aromatic nitrogens is 1. The number of hydrogen-bond donors (Lipinski definition) is 0. The largest absolute Gasteiger partial charge is 0.464 e. The lowest BCUT2D eigenvalue weighted by molar-refractivity contribution is -0.146. The first-order valence-corrected chi connectivity index (χ1v) is 6.81. The van der Waals surface area contributed by atoms with E-state index in [1.54, 1.807) is 20.0 Å². The molecule has 0 N–H and O–H groups in total. The molecule has 0 aliphatic heterocycles. The maximum Gasteiger partial charge on any atom is 0.328 e. The summed E-state index contributed by atoms with van der Waals surface area (Å²) in [6, 6.07) is 6.72. The summed E-state index contributed by atoms with van der Waals surface area (Å²) >= 11 is 3.37. The Kier molecular flexibility index (Phi) is 4.04. The molecule has 100 valence electrons. The number of ether oxygens (including phenoxy) is 1. The second kappa shape index (κ2) is 5.57. The van der Waals surface area contributed by atoms with Crippen LogP contribution in [0, 0.1) is 0 Å². The Labute approximate surface area is 119 Å². The number of carbonyl (C=O) groups excluding carboxylic acids is 1. The Morgan fingerprint density at radius 3 is 2.84 bits per heavy atom. The molecule has 0 aliphatic rings. The van der Waals surface area contributed by atoms with E-state index in [4.69, 9.17) is 4.74 Å². The molecule has 2 aromatic rings. The topological polar surface area (TPSA) is 48.3 Å². The summed E-state index contributed by atoms with van der Waals surface area (Å²) in [6.45, 7) is 3.70. The molecule has 1 heterocycles. The molecule has 0 saturated heterocycles. The molecule has 0 aliphatic carbocycles. The number of nitrogens with zero attached hydrogens (tertiary/aromatic N) is 1. The first-order valence-electron chi connectivity index (χ1n) is 6.02. The summed E-state index contributed by atoms with van der Waals surface area (Å²) in [5, 5.41) is 1.41. The van der Waals surface area contributed by atoms with Crippen LogP contribution in [0.5, 0.6) is 0 Å². The van der Waals surface area contributed by atoms with E-state index in [-0.39, 0.29) is 5.56 Å². The van der Waals surface area contributed by atoms with Crippen LogP contribution in [0.4, 0.5) is 0 Å². The lowest BCUT2D eigenvalue weighted by atomic mass is 10.1. The SMILES string of the molecule is CCOC(=O)C(C)n1ccc2cccc(Br)c2c1=O. The number of pyridine rings is 1. The monoisotopic (exact) mass is 323 g/mol. The molecular weight excluding hydrogens is 310 g/mol. The molecule has 1 aromatic heterocycles. The molecule has 0 saturated carbocycles. The molecule has 0 spiro atoms. The first kappa shape index (κ1) is 13.8. The Hall–Kier alpha value is -1.62. The fraction of sp³-hybridized carbons (Fsp3) is 0.286. The van der Waals surface area contributed by atoms with Crippen LogP contribution >= 0.6 is 15.9 Å². The smallest absolute Gasteiger partial charge is 0.328 e. The van der Waals surface area contributed by atoms with Gasteiger partial charge in [0.05, 0.1) is 12.0 Å². The van der Waals surface area contributed by atoms with Gasteiger partial charge in [0.2, 0.25) is 0 Å². The van der Waals surface area contributed by atoms with Gasteiger partial charge in [0, 0.05) is 10.7 Å². The lowest BCUT2D eigenvalue weighted by Crippen LogP contribution is -2.29. The van der Waals surface area contributed by atoms with Gasteiger partial charge in [-0.25, -0.2) is 4.79 Å². The van der Waals surface area contributed by atoms with Gasteiger partial charge >= 0.3 is 5.97 Å². The van der Waals surface area contributed by atoms with Crippen LogP contribution < -0.4 is 5.56 Å². The fourth-order valence-corrected chi connectivity index (χ4v) is 2.50. The van der Waals surface area contributed by atoms with Gasteiger partial charge in [-0.2, -0.15) is 0 Å². The fourth-order valence-electron chi connectivity index (χ4n) is 1.94. The average molecular weight is 324 g/mol. The third-order valence-electron chi connectivity index (χ3n) is 2.95. The molecule has 19 heavy (non-hydrogen) atoms. The minimum Gasteiger partial charge on any atom is -0.464 e. The van der Waals surface area contributed by atoms with Crippen molar-refractivity contribution in [1.29, 1.82) is 0 Å². The van der Waals surface area contributed by atoms with E-state index in [0.29, 0.717) is 12.0 Å². The summed E-state index contributed by atoms with van der Waals surface area (Å²) < 4.78 is 7.06. The molecule has 1 atom stereocenters. The highest BCUT2D eigenvalue weighted by Gasteiger charge is 2.18. The summed E-state index contributed by atoms with van der Waals surface area (Å²) in [4.78, 5) is 24.1. The van der Waals surface area contributed by atoms with Crippen molar-refractivity contribution in [1.82, 2.24) is 4.57 Å². The van der Waals surface area contributed by atoms with E-state index in [0.717, 1.165) is 9.86 Å². The van der Waals surface area contributed by atoms with Crippen LogP contribution in [-0.2, 0) is 9.53 Å². The highest BCUT2D eigenvalue weighted by molar-refractivity contribution is 9.10. The van der Waals surface area contributed by atoms with E-state index in [2.05, 4.69) is 15.9 Å². The lowest BCUT2D eigenvalue weighted by Gasteiger charge is -2.14. The summed E-state index contributed by atoms with van der Waals surface area (Å²) in [7, 11) is 0. The van der Waals surface area contributed by atoms with Crippen LogP contribution in [0.1, 0.15) is 19.9 Å². The van der Waals surface area contributed by atoms with Gasteiger partial charge in [-0.15, -0.1) is 0 Å². The van der Waals surface area contributed by atoms with E-state index in [1.165, 1.54) is 4.57 Å². The van der Waals surface area contributed by atoms with Gasteiger partial charge in [-0.05, 0) is 47.3 Å². The molecule has 0 bridgehead atoms. The number of halogens is 1. The van der Waals surface area contributed by atoms with Crippen molar-refractivity contribution in [3.63, 3.8) is 0 Å². The molecule has 0 amide bonds. The van der Waals surface area contributed by atoms with Crippen molar-refractivity contribution < 1.29 is 9.53 Å². The highest BCUT2D eigenvalue weighted by Crippen LogP contribution is 2.21. The Morgan fingerprint density at radius 1 is 1.42 bits per heavy atom. The van der Waals surface area contributed by atoms with Gasteiger partial charge in [-0.3, -0.25) is 4.79 Å². The highest BCUT2D eigenvalue weighted by atomic mass is 79.9. The molecule has 0 radical (unpaired) electrons. The van der Waals surface area contributed by atoms with E-state index >= 15 is 0 Å². The van der Waals surface area contributed by atoms with Crippen molar-refractivity contribution in [2.75, 3.05) is 6.61 Å². The van der Waals surface area contributed by atoms with Crippen molar-refractivity contribution in [2.24, 2.45) is 0 Å². The van der Waals surface area contributed by atoms with Crippen LogP contribution in [0.3, 0.4) is 0 Å². The molecule has 5 heteroatoms. The number of carbonyl (C=O) groups is 1. The quantitative estimate of drug-likeness (QED) is 0.816. The summed E-state index contributed by atoms with van der Waals surface area (Å²) in [5.74, 6) is -0.406. The maximum absolute atomic E-state index is 12.4. The van der Waals surface area contributed by atoms with E-state index in [1.807, 2.05) is 24.3 Å². The van der Waals surface area contributed by atoms with Crippen LogP contribution in [0.25, 0.3) is 10.8 Å². The normalized spacial score (nSPS) is 12.4. The maximum atomic E-state index is 12.4. The Morgan fingerprint density at radius 2 is 2.16 bits per heavy atom. The van der Waals surface area contributed by atoms with Crippen molar-refractivity contribution in [3.8, 4) is 0 Å². The van der Waals surface area contributed by atoms with Crippen LogP contribution in [0.15, 0.2) is 39.7 Å². The first-order chi connectivity index (χ1) is 9.06. The Bertz CT molecular complexity index is 678. The summed E-state index contributed by atoms with van der Waals surface area (Å²) in [5.41, 5.74) is -0.203. The van der Waals surface area contributed by atoms with E-state index in [9.17, 15) is 9.59 Å². The van der Waals surface area contributed by atoms with Gasteiger partial charge in [0.25, 0.3) is 5.56 Å². The zero-order valence-electron chi connectivity index (χ0n) is 10.7. The molecule has 1 aromatic carbocycles. The van der Waals surface area contributed by atoms with E-state index < -0.39 is 12.0 Å². The predicted molar refractivity (Wildman–Crippen MR) is 77.3 cm³/mol. The molecule has 4 nitrogen and oxygen atoms in total. The predicted octanol–water partition coefficient (Wildman–Crippen LogP) is 2.89. The Balaban J connectivity index is 2.57. The average Bonchev–Trinajstić information content (AvgIpc) is 2.38. The van der Waals surface area contributed by atoms with Crippen LogP contribution in [-0.4, -0.2) is 17.1 Å². The van der Waals surface area contributed by atoms with Gasteiger partial charge in [0.1, 0.15) is 6.04 Å². The minimum atomic E-state index is -0.635. The molecular formula is C14H14BrNO3. The van der Waals surface area contributed by atoms with Crippen LogP contribution in [0.2, 0.25) is 0 Å². The number of rotatable bonds is 3. The van der Waals surface area contributed by atoms with Crippen molar-refractivity contribution in [3.05, 3.63) is 45.3 Å². The third-order valence-corrected chi connectivity index (χ3v) is 3.61. The third kappa shape index (κ3) is 2.56. The molecule has 0 fully saturated rings. The zero-order chi connectivity index (χ0) is 14.0. The summed E-state index contributed by atoms with van der Waals surface area (Å²) in [6.07, 6.45) is 1.62. The molecule has 2 rings (SSSR count). The number of benzene rings is 1. The zero-order valence-corrected chi connectivity index (χ0v) is 12.3. The number of esters is 1. The second-order valence-electron chi connectivity index (χ2n) is 4.16. The number of fused-ring (bicyclic) bond motifs is 1. The number of hydrogen-bond acceptors (Lipinski definition) is 3. The van der Waals surface area contributed by atoms with Crippen molar-refractivity contribution >= 4 is 32.7 Å². The standard InChI is InChI=1S/C14H14BrNO3/c1-3-19-14(18)9(2)16-8-7-10-5-4-6-11(15)12(10)13(16)17/h4-9H,3H2,1-2H3. The second-order valence-corrected chi connectivity index (χ2v) is 5.01.